The minimum atomic E-state index is -4.84. The number of carboxylic acid groups (broad SMARTS) is 1. The summed E-state index contributed by atoms with van der Waals surface area (Å²) in [4.78, 5) is 23.2. The highest BCUT2D eigenvalue weighted by Gasteiger charge is 2.31. The fourth-order valence-corrected chi connectivity index (χ4v) is 2.15. The number of alkyl halides is 3. The van der Waals surface area contributed by atoms with Gasteiger partial charge in [0.15, 0.2) is 0 Å². The summed E-state index contributed by atoms with van der Waals surface area (Å²) in [5.74, 6) is -1.85. The second-order valence-electron chi connectivity index (χ2n) is 4.60. The zero-order valence-electron chi connectivity index (χ0n) is 11.5. The third kappa shape index (κ3) is 3.21. The smallest absolute Gasteiger partial charge is 0.477 e. The van der Waals surface area contributed by atoms with Crippen molar-refractivity contribution in [3.63, 3.8) is 0 Å². The van der Waals surface area contributed by atoms with Crippen molar-refractivity contribution in [2.24, 2.45) is 0 Å². The van der Waals surface area contributed by atoms with E-state index >= 15 is 0 Å². The fourth-order valence-electron chi connectivity index (χ4n) is 2.15. The number of halogens is 3. The Morgan fingerprint density at radius 3 is 2.59 bits per heavy atom. The zero-order valence-corrected chi connectivity index (χ0v) is 11.5. The summed E-state index contributed by atoms with van der Waals surface area (Å²) in [5.41, 5.74) is -0.975. The van der Waals surface area contributed by atoms with Gasteiger partial charge in [0.2, 0.25) is 5.43 Å². The molecule has 8 heteroatoms. The van der Waals surface area contributed by atoms with Gasteiger partial charge in [-0.25, -0.2) is 4.79 Å². The lowest BCUT2D eigenvalue weighted by Crippen LogP contribution is -2.20. The number of pyridine rings is 1. The third-order valence-corrected chi connectivity index (χ3v) is 2.98. The number of carboxylic acids is 1. The van der Waals surface area contributed by atoms with E-state index in [1.807, 2.05) is 6.92 Å². The second kappa shape index (κ2) is 5.70. The molecule has 1 aromatic carbocycles. The molecule has 0 aliphatic rings. The first-order chi connectivity index (χ1) is 10.2. The molecule has 0 spiro atoms. The topological polar surface area (TPSA) is 68.5 Å². The summed E-state index contributed by atoms with van der Waals surface area (Å²) < 4.78 is 42.1. The van der Waals surface area contributed by atoms with Gasteiger partial charge in [-0.2, -0.15) is 0 Å². The van der Waals surface area contributed by atoms with Gasteiger partial charge in [0.25, 0.3) is 0 Å². The highest BCUT2D eigenvalue weighted by molar-refractivity contribution is 5.92. The number of nitrogens with zero attached hydrogens (tertiary/aromatic N) is 1. The van der Waals surface area contributed by atoms with Gasteiger partial charge in [-0.15, -0.1) is 13.2 Å². The molecule has 2 aromatic rings. The molecule has 0 fully saturated rings. The molecule has 0 atom stereocenters. The number of hydrogen-bond acceptors (Lipinski definition) is 3. The van der Waals surface area contributed by atoms with E-state index in [2.05, 4.69) is 4.74 Å². The first-order valence-electron chi connectivity index (χ1n) is 6.39. The summed E-state index contributed by atoms with van der Waals surface area (Å²) >= 11 is 0. The first-order valence-corrected chi connectivity index (χ1v) is 6.39. The first kappa shape index (κ1) is 15.9. The van der Waals surface area contributed by atoms with Crippen LogP contribution in [-0.2, 0) is 6.54 Å². The van der Waals surface area contributed by atoms with Gasteiger partial charge in [-0.3, -0.25) is 4.79 Å². The molecule has 1 heterocycles. The number of fused-ring (bicyclic) bond motifs is 1. The van der Waals surface area contributed by atoms with Gasteiger partial charge in [-0.1, -0.05) is 6.92 Å². The molecule has 0 saturated heterocycles. The van der Waals surface area contributed by atoms with Gasteiger partial charge >= 0.3 is 12.3 Å². The zero-order chi connectivity index (χ0) is 16.5. The summed E-state index contributed by atoms with van der Waals surface area (Å²) in [6.45, 7) is 2.17. The van der Waals surface area contributed by atoms with Gasteiger partial charge in [0.05, 0.1) is 5.52 Å². The number of benzene rings is 1. The lowest BCUT2D eigenvalue weighted by atomic mass is 10.1. The van der Waals surface area contributed by atoms with Crippen LogP contribution >= 0.6 is 0 Å². The maximum atomic E-state index is 12.3. The highest BCUT2D eigenvalue weighted by Crippen LogP contribution is 2.26. The lowest BCUT2D eigenvalue weighted by molar-refractivity contribution is -0.274. The van der Waals surface area contributed by atoms with Crippen LogP contribution in [0.2, 0.25) is 0 Å². The van der Waals surface area contributed by atoms with Crippen molar-refractivity contribution in [1.82, 2.24) is 4.57 Å². The van der Waals surface area contributed by atoms with Crippen molar-refractivity contribution >= 4 is 16.9 Å². The van der Waals surface area contributed by atoms with E-state index in [0.717, 1.165) is 24.4 Å². The van der Waals surface area contributed by atoms with Crippen molar-refractivity contribution in [3.8, 4) is 5.75 Å². The molecule has 0 unspecified atom stereocenters. The summed E-state index contributed by atoms with van der Waals surface area (Å²) in [6, 6.07) is 3.20. The number of aromatic carboxylic acids is 1. The maximum absolute atomic E-state index is 12.3. The van der Waals surface area contributed by atoms with Gasteiger partial charge in [-0.05, 0) is 18.6 Å². The molecule has 0 aliphatic heterocycles. The van der Waals surface area contributed by atoms with E-state index < -0.39 is 29.1 Å². The van der Waals surface area contributed by atoms with E-state index in [0.29, 0.717) is 13.0 Å². The quantitative estimate of drug-likeness (QED) is 0.941. The molecule has 2 rings (SSSR count). The van der Waals surface area contributed by atoms with E-state index in [9.17, 15) is 22.8 Å². The third-order valence-electron chi connectivity index (χ3n) is 2.98. The fraction of sp³-hybridized carbons (Fsp3) is 0.286. The number of rotatable bonds is 4. The SMILES string of the molecule is CCCn1cc(C(=O)O)c(=O)c2ccc(OC(F)(F)F)cc21. The average molecular weight is 315 g/mol. The van der Waals surface area contributed by atoms with Crippen LogP contribution in [0.15, 0.2) is 29.2 Å². The molecular weight excluding hydrogens is 303 g/mol. The maximum Gasteiger partial charge on any atom is 0.573 e. The standard InChI is InChI=1S/C14H12F3NO4/c1-2-5-18-7-10(13(20)21)12(19)9-4-3-8(6-11(9)18)22-14(15,16)17/h3-4,6-7H,2,5H2,1H3,(H,20,21). The van der Waals surface area contributed by atoms with Gasteiger partial charge < -0.3 is 14.4 Å². The van der Waals surface area contributed by atoms with Crippen LogP contribution < -0.4 is 10.2 Å². The van der Waals surface area contributed by atoms with Crippen LogP contribution in [0.5, 0.6) is 5.75 Å². The minimum Gasteiger partial charge on any atom is -0.477 e. The molecular formula is C14H12F3NO4. The van der Waals surface area contributed by atoms with Crippen molar-refractivity contribution in [2.75, 3.05) is 0 Å². The van der Waals surface area contributed by atoms with Crippen LogP contribution in [0.3, 0.4) is 0 Å². The Morgan fingerprint density at radius 2 is 2.05 bits per heavy atom. The summed E-state index contributed by atoms with van der Waals surface area (Å²) in [5, 5.41) is 9.07. The van der Waals surface area contributed by atoms with Crippen LogP contribution in [0.1, 0.15) is 23.7 Å². The normalized spacial score (nSPS) is 11.6. The Labute approximate surface area is 122 Å². The van der Waals surface area contributed by atoms with Crippen molar-refractivity contribution in [2.45, 2.75) is 26.3 Å². The van der Waals surface area contributed by atoms with Crippen LogP contribution in [0.4, 0.5) is 13.2 Å². The second-order valence-corrected chi connectivity index (χ2v) is 4.60. The van der Waals surface area contributed by atoms with Gasteiger partial charge in [0.1, 0.15) is 11.3 Å². The van der Waals surface area contributed by atoms with Crippen molar-refractivity contribution < 1.29 is 27.8 Å². The lowest BCUT2D eigenvalue weighted by Gasteiger charge is -2.14. The van der Waals surface area contributed by atoms with Crippen molar-refractivity contribution in [3.05, 3.63) is 40.2 Å². The Morgan fingerprint density at radius 1 is 1.36 bits per heavy atom. The number of carbonyl (C=O) groups is 1. The number of aromatic nitrogens is 1. The van der Waals surface area contributed by atoms with Gasteiger partial charge in [0, 0.05) is 24.2 Å². The Kier molecular flexibility index (Phi) is 4.11. The summed E-state index contributed by atoms with van der Waals surface area (Å²) in [7, 11) is 0. The van der Waals surface area contributed by atoms with E-state index in [1.54, 1.807) is 0 Å². The molecule has 118 valence electrons. The highest BCUT2D eigenvalue weighted by atomic mass is 19.4. The average Bonchev–Trinajstić information content (AvgIpc) is 2.39. The molecule has 5 nitrogen and oxygen atoms in total. The predicted molar refractivity (Wildman–Crippen MR) is 72.1 cm³/mol. The minimum absolute atomic E-state index is 0.0304. The monoisotopic (exact) mass is 315 g/mol. The van der Waals surface area contributed by atoms with Crippen LogP contribution in [-0.4, -0.2) is 22.0 Å². The van der Waals surface area contributed by atoms with E-state index in [4.69, 9.17) is 5.11 Å². The largest absolute Gasteiger partial charge is 0.573 e. The molecule has 0 aliphatic carbocycles. The molecule has 0 saturated carbocycles. The molecule has 0 amide bonds. The van der Waals surface area contributed by atoms with Crippen LogP contribution in [0.25, 0.3) is 10.9 Å². The Balaban J connectivity index is 2.70. The van der Waals surface area contributed by atoms with Crippen LogP contribution in [0, 0.1) is 0 Å². The Hall–Kier alpha value is -2.51. The molecule has 1 N–H and O–H groups in total. The van der Waals surface area contributed by atoms with E-state index in [1.165, 1.54) is 4.57 Å². The summed E-state index contributed by atoms with van der Waals surface area (Å²) in [6.07, 6.45) is -3.10. The number of aryl methyl sites for hydroxylation is 1. The number of ether oxygens (including phenoxy) is 1. The molecule has 1 aromatic heterocycles. The number of hydrogen-bond donors (Lipinski definition) is 1. The molecule has 0 radical (unpaired) electrons. The predicted octanol–water partition coefficient (Wildman–Crippen LogP) is 3.01. The van der Waals surface area contributed by atoms with E-state index in [-0.39, 0.29) is 10.9 Å². The molecule has 22 heavy (non-hydrogen) atoms. The molecule has 0 bridgehead atoms. The van der Waals surface area contributed by atoms with Crippen molar-refractivity contribution in [1.29, 1.82) is 0 Å². The Bertz CT molecular complexity index is 780.